The summed E-state index contributed by atoms with van der Waals surface area (Å²) in [5.74, 6) is 1.98. The highest BCUT2D eigenvalue weighted by Gasteiger charge is 2.37. The summed E-state index contributed by atoms with van der Waals surface area (Å²) in [7, 11) is 1.62. The minimum atomic E-state index is -0.584. The number of allylic oxidation sites excluding steroid dienone is 1. The van der Waals surface area contributed by atoms with Crippen LogP contribution < -0.4 is 14.8 Å². The summed E-state index contributed by atoms with van der Waals surface area (Å²) in [6.45, 7) is 4.35. The smallest absolute Gasteiger partial charge is 0.338 e. The highest BCUT2D eigenvalue weighted by molar-refractivity contribution is 7.98. The minimum Gasteiger partial charge on any atom is -0.493 e. The number of anilines is 1. The molecule has 45 heavy (non-hydrogen) atoms. The van der Waals surface area contributed by atoms with Crippen LogP contribution in [-0.4, -0.2) is 33.9 Å². The van der Waals surface area contributed by atoms with Crippen molar-refractivity contribution in [2.75, 3.05) is 12.4 Å². The van der Waals surface area contributed by atoms with Crippen LogP contribution in [0.15, 0.2) is 83.2 Å². The van der Waals surface area contributed by atoms with Gasteiger partial charge in [-0.25, -0.2) is 9.48 Å². The molecule has 1 aromatic heterocycles. The number of nitrogens with one attached hydrogen (secondary N) is 1. The molecule has 0 radical (unpaired) electrons. The van der Waals surface area contributed by atoms with Crippen LogP contribution in [0, 0.1) is 6.92 Å². The Morgan fingerprint density at radius 1 is 1.02 bits per heavy atom. The number of aryl methyl sites for hydroxylation is 1. The lowest BCUT2D eigenvalue weighted by Gasteiger charge is -2.30. The Morgan fingerprint density at radius 3 is 2.62 bits per heavy atom. The Kier molecular flexibility index (Phi) is 9.66. The van der Waals surface area contributed by atoms with Gasteiger partial charge in [0.05, 0.1) is 12.7 Å². The van der Waals surface area contributed by atoms with E-state index >= 15 is 0 Å². The highest BCUT2D eigenvalue weighted by atomic mass is 35.5. The first-order chi connectivity index (χ1) is 21.9. The Bertz CT molecular complexity index is 1720. The van der Waals surface area contributed by atoms with E-state index < -0.39 is 6.04 Å². The van der Waals surface area contributed by atoms with Crippen molar-refractivity contribution in [1.82, 2.24) is 14.8 Å². The first kappa shape index (κ1) is 31.0. The van der Waals surface area contributed by atoms with E-state index in [1.807, 2.05) is 61.5 Å². The molecule has 0 bridgehead atoms. The average molecular weight is 645 g/mol. The number of nitrogens with zero attached hydrogens (tertiary/aromatic N) is 3. The molecule has 2 heterocycles. The van der Waals surface area contributed by atoms with Gasteiger partial charge in [0.1, 0.15) is 18.8 Å². The summed E-state index contributed by atoms with van der Waals surface area (Å²) < 4.78 is 19.8. The summed E-state index contributed by atoms with van der Waals surface area (Å²) in [5.41, 5.74) is 5.23. The predicted octanol–water partition coefficient (Wildman–Crippen LogP) is 8.28. The second kappa shape index (κ2) is 14.0. The number of hydrogen-bond acceptors (Lipinski definition) is 8. The number of ether oxygens (including phenoxy) is 3. The molecule has 2 aliphatic rings. The van der Waals surface area contributed by atoms with Gasteiger partial charge in [0, 0.05) is 16.5 Å². The van der Waals surface area contributed by atoms with Gasteiger partial charge in [-0.05, 0) is 74.4 Å². The third kappa shape index (κ3) is 7.15. The van der Waals surface area contributed by atoms with Crippen LogP contribution in [0.25, 0.3) is 0 Å². The fourth-order valence-corrected chi connectivity index (χ4v) is 6.97. The number of hydrogen-bond donors (Lipinski definition) is 1. The number of benzene rings is 3. The summed E-state index contributed by atoms with van der Waals surface area (Å²) in [5, 5.41) is 9.46. The molecular weight excluding hydrogens is 608 g/mol. The molecule has 1 N–H and O–H groups in total. The lowest BCUT2D eigenvalue weighted by molar-refractivity contribution is -0.146. The van der Waals surface area contributed by atoms with Gasteiger partial charge in [0.25, 0.3) is 0 Å². The van der Waals surface area contributed by atoms with E-state index in [1.54, 1.807) is 11.8 Å². The molecule has 0 spiro atoms. The fourth-order valence-electron chi connectivity index (χ4n) is 5.86. The number of carbonyl (C=O) groups excluding carboxylic acids is 1. The quantitative estimate of drug-likeness (QED) is 0.136. The zero-order valence-electron chi connectivity index (χ0n) is 25.7. The van der Waals surface area contributed by atoms with Gasteiger partial charge in [-0.3, -0.25) is 0 Å². The standard InChI is InChI=1S/C35H37ClN4O4S/c1-22-10-9-11-24(18-22)20-43-29-17-16-25(19-30(29)42-3)32-31(33(41)44-27-13-5-4-6-14-27)23(2)37-34-38-35(39-40(32)34)45-21-26-12-7-8-15-28(26)36/h7-12,15-19,27,32H,4-6,13-14,20-21H2,1-3H3,(H,37,38,39). The molecule has 4 aromatic rings. The first-order valence-corrected chi connectivity index (χ1v) is 16.6. The van der Waals surface area contributed by atoms with Crippen LogP contribution in [0.4, 0.5) is 5.95 Å². The Balaban J connectivity index is 1.32. The Labute approximate surface area is 273 Å². The topological polar surface area (TPSA) is 87.5 Å². The normalized spacial score (nSPS) is 16.6. The number of aromatic nitrogens is 3. The number of carbonyl (C=O) groups is 1. The number of fused-ring (bicyclic) bond motifs is 1. The van der Waals surface area contributed by atoms with E-state index in [1.165, 1.54) is 23.7 Å². The van der Waals surface area contributed by atoms with Gasteiger partial charge in [0.15, 0.2) is 11.5 Å². The molecule has 1 fully saturated rings. The van der Waals surface area contributed by atoms with Crippen LogP contribution in [-0.2, 0) is 21.9 Å². The lowest BCUT2D eigenvalue weighted by Crippen LogP contribution is -2.32. The number of halogens is 1. The zero-order valence-corrected chi connectivity index (χ0v) is 27.3. The van der Waals surface area contributed by atoms with E-state index in [4.69, 9.17) is 35.9 Å². The van der Waals surface area contributed by atoms with Gasteiger partial charge < -0.3 is 19.5 Å². The number of thioether (sulfide) groups is 1. The predicted molar refractivity (Wildman–Crippen MR) is 177 cm³/mol. The van der Waals surface area contributed by atoms with Crippen molar-refractivity contribution < 1.29 is 19.0 Å². The molecule has 1 atom stereocenters. The molecule has 1 saturated carbocycles. The fraction of sp³-hybridized carbons (Fsp3) is 0.343. The van der Waals surface area contributed by atoms with E-state index in [-0.39, 0.29) is 12.1 Å². The molecule has 0 amide bonds. The third-order valence-electron chi connectivity index (χ3n) is 8.17. The van der Waals surface area contributed by atoms with Gasteiger partial charge in [-0.15, -0.1) is 5.10 Å². The zero-order chi connectivity index (χ0) is 31.3. The third-order valence-corrected chi connectivity index (χ3v) is 9.43. The molecule has 6 rings (SSSR count). The molecule has 1 unspecified atom stereocenters. The molecule has 1 aliphatic carbocycles. The van der Waals surface area contributed by atoms with Gasteiger partial charge >= 0.3 is 5.97 Å². The summed E-state index contributed by atoms with van der Waals surface area (Å²) in [6, 6.07) is 21.1. The first-order valence-electron chi connectivity index (χ1n) is 15.3. The van der Waals surface area contributed by atoms with Crippen LogP contribution in [0.3, 0.4) is 0 Å². The van der Waals surface area contributed by atoms with Gasteiger partial charge in [-0.1, -0.05) is 83.9 Å². The molecule has 234 valence electrons. The van der Waals surface area contributed by atoms with Crippen molar-refractivity contribution in [3.05, 3.63) is 105 Å². The van der Waals surface area contributed by atoms with Crippen molar-refractivity contribution in [3.8, 4) is 11.5 Å². The number of esters is 1. The van der Waals surface area contributed by atoms with Gasteiger partial charge in [-0.2, -0.15) is 4.98 Å². The molecular formula is C35H37ClN4O4S. The van der Waals surface area contributed by atoms with E-state index in [0.29, 0.717) is 51.3 Å². The highest BCUT2D eigenvalue weighted by Crippen LogP contribution is 2.41. The largest absolute Gasteiger partial charge is 0.493 e. The van der Waals surface area contributed by atoms with Gasteiger partial charge in [0.2, 0.25) is 11.1 Å². The molecule has 0 saturated heterocycles. The van der Waals surface area contributed by atoms with Crippen LogP contribution in [0.2, 0.25) is 5.02 Å². The van der Waals surface area contributed by atoms with E-state index in [2.05, 4.69) is 24.4 Å². The summed E-state index contributed by atoms with van der Waals surface area (Å²) >= 11 is 7.89. The molecule has 3 aromatic carbocycles. The van der Waals surface area contributed by atoms with E-state index in [0.717, 1.165) is 42.4 Å². The Hall–Kier alpha value is -3.95. The van der Waals surface area contributed by atoms with Crippen molar-refractivity contribution >= 4 is 35.3 Å². The average Bonchev–Trinajstić information content (AvgIpc) is 3.45. The van der Waals surface area contributed by atoms with Crippen LogP contribution >= 0.6 is 23.4 Å². The maximum absolute atomic E-state index is 13.9. The molecule has 1 aliphatic heterocycles. The van der Waals surface area contributed by atoms with Crippen molar-refractivity contribution in [3.63, 3.8) is 0 Å². The minimum absolute atomic E-state index is 0.0852. The second-order valence-electron chi connectivity index (χ2n) is 11.5. The molecule has 8 nitrogen and oxygen atoms in total. The monoisotopic (exact) mass is 644 g/mol. The molecule has 10 heteroatoms. The number of rotatable bonds is 10. The van der Waals surface area contributed by atoms with Crippen molar-refractivity contribution in [2.24, 2.45) is 0 Å². The maximum Gasteiger partial charge on any atom is 0.338 e. The second-order valence-corrected chi connectivity index (χ2v) is 12.8. The SMILES string of the molecule is COc1cc(C2C(C(=O)OC3CCCCC3)=C(C)Nc3nc(SCc4ccccc4Cl)nn32)ccc1OCc1cccc(C)c1. The number of methoxy groups -OCH3 is 1. The lowest BCUT2D eigenvalue weighted by atomic mass is 9.94. The maximum atomic E-state index is 13.9. The summed E-state index contributed by atoms with van der Waals surface area (Å²) in [6.07, 6.45) is 4.99. The van der Waals surface area contributed by atoms with E-state index in [9.17, 15) is 4.79 Å². The van der Waals surface area contributed by atoms with Crippen molar-refractivity contribution in [1.29, 1.82) is 0 Å². The van der Waals surface area contributed by atoms with Crippen LogP contribution in [0.1, 0.15) is 67.3 Å². The van der Waals surface area contributed by atoms with Crippen molar-refractivity contribution in [2.45, 2.75) is 75.6 Å². The summed E-state index contributed by atoms with van der Waals surface area (Å²) in [4.78, 5) is 18.7. The van der Waals surface area contributed by atoms with Crippen LogP contribution in [0.5, 0.6) is 11.5 Å². The Morgan fingerprint density at radius 2 is 1.84 bits per heavy atom.